The molecule has 6 nitrogen and oxygen atoms in total. The number of furan rings is 2. The number of fused-ring (bicyclic) bond motifs is 10. The topological polar surface area (TPSA) is 39.2 Å². The minimum atomic E-state index is -0.109. The van der Waals surface area contributed by atoms with Crippen molar-refractivity contribution >= 4 is 155 Å². The Labute approximate surface area is 785 Å². The molecule has 134 heavy (non-hydrogen) atoms. The fraction of sp³-hybridized carbons (Fsp3) is 0.125. The van der Waals surface area contributed by atoms with Crippen molar-refractivity contribution in [2.45, 2.75) is 105 Å². The molecule has 0 fully saturated rings. The van der Waals surface area contributed by atoms with Crippen LogP contribution in [0.25, 0.3) is 143 Å². The van der Waals surface area contributed by atoms with Gasteiger partial charge < -0.3 is 28.4 Å². The number of hydrogen-bond donors (Lipinski definition) is 0. The highest BCUT2D eigenvalue weighted by atomic mass is 16.3. The van der Waals surface area contributed by atoms with Crippen LogP contribution in [0.3, 0.4) is 0 Å². The van der Waals surface area contributed by atoms with Gasteiger partial charge in [-0.3, -0.25) is 0 Å². The third kappa shape index (κ3) is 15.8. The molecule has 0 aliphatic carbocycles. The highest BCUT2D eigenvalue weighted by Crippen LogP contribution is 2.52. The van der Waals surface area contributed by atoms with Crippen LogP contribution in [-0.4, -0.2) is 0 Å². The zero-order chi connectivity index (χ0) is 91.5. The monoisotopic (exact) mass is 1730 g/mol. The van der Waals surface area contributed by atoms with Crippen LogP contribution in [0.15, 0.2) is 433 Å². The first-order valence-corrected chi connectivity index (χ1v) is 46.9. The van der Waals surface area contributed by atoms with Crippen molar-refractivity contribution in [1.82, 2.24) is 0 Å². The summed E-state index contributed by atoms with van der Waals surface area (Å²) in [5.41, 5.74) is 32.4. The van der Waals surface area contributed by atoms with E-state index in [0.717, 1.165) is 200 Å². The van der Waals surface area contributed by atoms with E-state index in [4.69, 9.17) is 8.83 Å². The van der Waals surface area contributed by atoms with Crippen LogP contribution >= 0.6 is 0 Å². The molecule has 0 saturated carbocycles. The Morgan fingerprint density at radius 2 is 0.418 bits per heavy atom. The van der Waals surface area contributed by atoms with E-state index in [0.29, 0.717) is 0 Å². The Kier molecular flexibility index (Phi) is 20.8. The maximum absolute atomic E-state index is 7.09. The predicted molar refractivity (Wildman–Crippen MR) is 572 cm³/mol. The summed E-state index contributed by atoms with van der Waals surface area (Å²) in [5, 5.41) is 13.2. The summed E-state index contributed by atoms with van der Waals surface area (Å²) in [5.74, 6) is 0. The standard InChI is InChI=1S/C128H106N4O2/c1-125(2,3)97-49-61-103(62-50-97)130(117-41-29-28-40-109(117)84-30-18-13-19-31-84)106-58-45-89-73-114-116-75-91-47-60-108(71-96(91)80-124(116)134-122(114)78-94(89)69-106)132(104-63-51-98(52-64-104)126(4,5)6)120-76-92(48-65-110(120)85-32-20-14-21-33-85)83-42-55-102(56-43-83)131(119-67-54-100(128(10,11)12)82-112(119)87-36-24-16-25-37-87)107-59-46-90-74-115-113-72-88-44-57-105(68-93(88)77-121(113)133-123(115)79-95(90)70-107)129(101-38-26-17-27-39-101)118-66-53-99(127(7,8)9)81-111(118)86-34-22-15-23-35-86/h13-82H,1-12H3. The van der Waals surface area contributed by atoms with Gasteiger partial charge in [0, 0.05) is 89.3 Å². The van der Waals surface area contributed by atoms with E-state index >= 15 is 0 Å². The van der Waals surface area contributed by atoms with E-state index in [-0.39, 0.29) is 21.7 Å². The van der Waals surface area contributed by atoms with Gasteiger partial charge in [-0.1, -0.05) is 326 Å². The van der Waals surface area contributed by atoms with Crippen molar-refractivity contribution in [3.8, 4) is 55.6 Å². The van der Waals surface area contributed by atoms with Crippen molar-refractivity contribution in [3.05, 3.63) is 447 Å². The predicted octanol–water partition coefficient (Wildman–Crippen LogP) is 37.5. The lowest BCUT2D eigenvalue weighted by molar-refractivity contribution is 0.590. The highest BCUT2D eigenvalue weighted by molar-refractivity contribution is 6.16. The van der Waals surface area contributed by atoms with Crippen LogP contribution in [0.2, 0.25) is 0 Å². The van der Waals surface area contributed by atoms with E-state index < -0.39 is 0 Å². The summed E-state index contributed by atoms with van der Waals surface area (Å²) in [6.07, 6.45) is 0. The molecular weight excluding hydrogens is 1630 g/mol. The third-order valence-electron chi connectivity index (χ3n) is 27.1. The number of para-hydroxylation sites is 2. The zero-order valence-electron chi connectivity index (χ0n) is 78.0. The summed E-state index contributed by atoms with van der Waals surface area (Å²) >= 11 is 0. The maximum atomic E-state index is 7.09. The third-order valence-corrected chi connectivity index (χ3v) is 27.1. The maximum Gasteiger partial charge on any atom is 0.136 e. The van der Waals surface area contributed by atoms with Crippen molar-refractivity contribution in [2.75, 3.05) is 19.6 Å². The Hall–Kier alpha value is -15.8. The summed E-state index contributed by atoms with van der Waals surface area (Å²) in [4.78, 5) is 9.71. The van der Waals surface area contributed by atoms with Gasteiger partial charge in [0.2, 0.25) is 0 Å². The number of anilines is 12. The fourth-order valence-corrected chi connectivity index (χ4v) is 19.7. The summed E-state index contributed by atoms with van der Waals surface area (Å²) < 4.78 is 14.2. The van der Waals surface area contributed by atoms with Crippen molar-refractivity contribution in [3.63, 3.8) is 0 Å². The first-order valence-electron chi connectivity index (χ1n) is 46.9. The number of benzene rings is 20. The van der Waals surface area contributed by atoms with Gasteiger partial charge in [-0.2, -0.15) is 0 Å². The van der Waals surface area contributed by atoms with Gasteiger partial charge >= 0.3 is 0 Å². The van der Waals surface area contributed by atoms with Gasteiger partial charge in [-0.25, -0.2) is 0 Å². The minimum absolute atomic E-state index is 0.00931. The van der Waals surface area contributed by atoms with Crippen LogP contribution in [0, 0.1) is 0 Å². The molecule has 0 aliphatic heterocycles. The van der Waals surface area contributed by atoms with Gasteiger partial charge in [0.1, 0.15) is 22.3 Å². The lowest BCUT2D eigenvalue weighted by Gasteiger charge is -2.30. The second-order valence-corrected chi connectivity index (χ2v) is 40.2. The van der Waals surface area contributed by atoms with Gasteiger partial charge in [0.05, 0.1) is 22.7 Å². The van der Waals surface area contributed by atoms with Gasteiger partial charge in [0.25, 0.3) is 0 Å². The Balaban J connectivity index is 0.640. The molecule has 0 radical (unpaired) electrons. The molecule has 22 rings (SSSR count). The van der Waals surface area contributed by atoms with E-state index in [1.807, 2.05) is 0 Å². The number of rotatable bonds is 17. The lowest BCUT2D eigenvalue weighted by atomic mass is 9.84. The Morgan fingerprint density at radius 3 is 0.761 bits per heavy atom. The Morgan fingerprint density at radius 1 is 0.157 bits per heavy atom. The number of hydrogen-bond acceptors (Lipinski definition) is 6. The molecular formula is C128H106N4O2. The van der Waals surface area contributed by atoms with Crippen LogP contribution < -0.4 is 19.6 Å². The van der Waals surface area contributed by atoms with E-state index in [2.05, 4.69) is 527 Å². The molecule has 0 atom stereocenters. The SMILES string of the molecule is CC(C)(C)c1ccc(N(c2ccc3cc4c(cc3c2)oc2cc3cc(N(c5ccc(C(C)(C)C)cc5)c5cc(-c6ccc(N(c7ccc8cc9c(cc8c7)oc7cc8cc(N(c%10ccccc%10)c%10ccc(C(C)(C)C)cc%10-c%10ccccc%10)ccc8cc79)c7ccc(C(C)(C)C)cc7-c7ccccc7)cc6)ccc5-c5ccccc5)ccc3cc24)c2ccccc2-c2ccccc2)cc1. The average Bonchev–Trinajstić information content (AvgIpc) is 1.49. The summed E-state index contributed by atoms with van der Waals surface area (Å²) in [6.45, 7) is 27.4. The lowest BCUT2D eigenvalue weighted by Crippen LogP contribution is -2.14. The van der Waals surface area contributed by atoms with Crippen LogP contribution in [0.5, 0.6) is 0 Å². The average molecular weight is 1730 g/mol. The number of nitrogens with zero attached hydrogens (tertiary/aromatic N) is 4. The first kappa shape index (κ1) is 83.8. The molecule has 6 heteroatoms. The van der Waals surface area contributed by atoms with E-state index in [1.165, 1.54) is 33.4 Å². The first-order chi connectivity index (χ1) is 64.9. The van der Waals surface area contributed by atoms with Crippen LogP contribution in [-0.2, 0) is 21.7 Å². The smallest absolute Gasteiger partial charge is 0.136 e. The molecule has 0 saturated heterocycles. The molecule has 0 bridgehead atoms. The Bertz CT molecular complexity index is 8240. The van der Waals surface area contributed by atoms with Crippen LogP contribution in [0.4, 0.5) is 68.2 Å². The molecule has 0 unspecified atom stereocenters. The summed E-state index contributed by atoms with van der Waals surface area (Å²) in [7, 11) is 0. The van der Waals surface area contributed by atoms with Crippen LogP contribution in [0.1, 0.15) is 105 Å². The molecule has 0 spiro atoms. The van der Waals surface area contributed by atoms with E-state index in [1.54, 1.807) is 0 Å². The van der Waals surface area contributed by atoms with Crippen molar-refractivity contribution in [1.29, 1.82) is 0 Å². The molecule has 22 aromatic rings. The minimum Gasteiger partial charge on any atom is -0.456 e. The normalized spacial score (nSPS) is 12.2. The fourth-order valence-electron chi connectivity index (χ4n) is 19.7. The molecule has 2 heterocycles. The molecule has 0 amide bonds. The highest BCUT2D eigenvalue weighted by Gasteiger charge is 2.29. The van der Waals surface area contributed by atoms with E-state index in [9.17, 15) is 0 Å². The quantitative estimate of drug-likeness (QED) is 0.0905. The zero-order valence-corrected chi connectivity index (χ0v) is 78.0. The van der Waals surface area contributed by atoms with Crippen molar-refractivity contribution in [2.24, 2.45) is 0 Å². The largest absolute Gasteiger partial charge is 0.456 e. The summed E-state index contributed by atoms with van der Waals surface area (Å²) in [6, 6.07) is 157. The molecule has 0 aliphatic rings. The van der Waals surface area contributed by atoms with Gasteiger partial charge in [-0.05, 0) is 302 Å². The second-order valence-electron chi connectivity index (χ2n) is 40.2. The van der Waals surface area contributed by atoms with Crippen molar-refractivity contribution < 1.29 is 8.83 Å². The molecule has 2 aromatic heterocycles. The molecule has 650 valence electrons. The second kappa shape index (κ2) is 33.3. The van der Waals surface area contributed by atoms with Gasteiger partial charge in [0.15, 0.2) is 0 Å². The molecule has 20 aromatic carbocycles. The van der Waals surface area contributed by atoms with Gasteiger partial charge in [-0.15, -0.1) is 0 Å². The molecule has 0 N–H and O–H groups in total.